The van der Waals surface area contributed by atoms with Gasteiger partial charge >= 0.3 is 0 Å². The third-order valence-electron chi connectivity index (χ3n) is 5.35. The molecule has 2 rings (SSSR count). The lowest BCUT2D eigenvalue weighted by atomic mass is 10.1. The van der Waals surface area contributed by atoms with E-state index in [4.69, 9.17) is 27.9 Å². The van der Waals surface area contributed by atoms with E-state index < -0.39 is 6.04 Å². The van der Waals surface area contributed by atoms with Gasteiger partial charge in [-0.3, -0.25) is 9.59 Å². The maximum Gasteiger partial charge on any atom is 0.243 e. The molecule has 2 aromatic carbocycles. The van der Waals surface area contributed by atoms with Crippen molar-refractivity contribution < 1.29 is 14.3 Å². The van der Waals surface area contributed by atoms with Crippen LogP contribution < -0.4 is 10.1 Å². The van der Waals surface area contributed by atoms with E-state index in [1.165, 1.54) is 11.8 Å². The quantitative estimate of drug-likeness (QED) is 0.382. The predicted molar refractivity (Wildman–Crippen MR) is 138 cm³/mol. The predicted octanol–water partition coefficient (Wildman–Crippen LogP) is 5.96. The molecule has 0 saturated heterocycles. The topological polar surface area (TPSA) is 58.6 Å². The van der Waals surface area contributed by atoms with Crippen LogP contribution in [0.25, 0.3) is 0 Å². The number of carbonyl (C=O) groups is 2. The van der Waals surface area contributed by atoms with Gasteiger partial charge in [-0.1, -0.05) is 55.2 Å². The van der Waals surface area contributed by atoms with Crippen LogP contribution in [0.4, 0.5) is 0 Å². The number of thioether (sulfide) groups is 1. The molecule has 8 heteroatoms. The van der Waals surface area contributed by atoms with Crippen LogP contribution in [-0.2, 0) is 21.9 Å². The zero-order chi connectivity index (χ0) is 24.4. The number of benzene rings is 2. The Kier molecular flexibility index (Phi) is 11.4. The second-order valence-electron chi connectivity index (χ2n) is 7.86. The Morgan fingerprint density at radius 1 is 1.06 bits per heavy atom. The summed E-state index contributed by atoms with van der Waals surface area (Å²) in [4.78, 5) is 28.0. The molecule has 0 aliphatic rings. The fourth-order valence-corrected chi connectivity index (χ4v) is 4.48. The summed E-state index contributed by atoms with van der Waals surface area (Å²) in [6, 6.07) is 12.5. The van der Waals surface area contributed by atoms with Crippen LogP contribution in [0.1, 0.15) is 44.7 Å². The molecule has 0 aliphatic carbocycles. The molecule has 180 valence electrons. The Morgan fingerprint density at radius 3 is 2.45 bits per heavy atom. The number of carbonyl (C=O) groups excluding carboxylic acids is 2. The van der Waals surface area contributed by atoms with Crippen molar-refractivity contribution in [2.24, 2.45) is 0 Å². The molecule has 0 aliphatic heterocycles. The molecule has 0 aromatic heterocycles. The minimum absolute atomic E-state index is 0.0457. The van der Waals surface area contributed by atoms with E-state index in [1.807, 2.05) is 57.2 Å². The van der Waals surface area contributed by atoms with E-state index in [-0.39, 0.29) is 23.6 Å². The standard InChI is InChI=1S/C25H32Cl2N2O3S/c1-5-17(3)28-25(31)23(6-2)29(14-18-8-7-9-20(12-18)32-4)24(30)16-33-15-19-10-11-21(26)22(27)13-19/h7-13,17,23H,5-6,14-16H2,1-4H3,(H,28,31)/t17-,23+/m0/s1. The fourth-order valence-electron chi connectivity index (χ4n) is 3.30. The average molecular weight is 512 g/mol. The van der Waals surface area contributed by atoms with Gasteiger partial charge in [0, 0.05) is 18.3 Å². The molecule has 0 fully saturated rings. The zero-order valence-corrected chi connectivity index (χ0v) is 21.9. The highest BCUT2D eigenvalue weighted by Gasteiger charge is 2.29. The summed E-state index contributed by atoms with van der Waals surface area (Å²) in [6.45, 7) is 6.24. The minimum atomic E-state index is -0.553. The van der Waals surface area contributed by atoms with Crippen LogP contribution in [0.15, 0.2) is 42.5 Å². The molecule has 2 aromatic rings. The van der Waals surface area contributed by atoms with Gasteiger partial charge in [0.1, 0.15) is 11.8 Å². The lowest BCUT2D eigenvalue weighted by Crippen LogP contribution is -2.51. The van der Waals surface area contributed by atoms with E-state index in [2.05, 4.69) is 5.32 Å². The Hall–Kier alpha value is -1.89. The first-order chi connectivity index (χ1) is 15.8. The number of nitrogens with zero attached hydrogens (tertiary/aromatic N) is 1. The van der Waals surface area contributed by atoms with E-state index in [1.54, 1.807) is 18.1 Å². The van der Waals surface area contributed by atoms with Crippen molar-refractivity contribution in [3.05, 3.63) is 63.6 Å². The van der Waals surface area contributed by atoms with Gasteiger partial charge < -0.3 is 15.0 Å². The van der Waals surface area contributed by atoms with Crippen molar-refractivity contribution in [3.63, 3.8) is 0 Å². The lowest BCUT2D eigenvalue weighted by molar-refractivity contribution is -0.139. The maximum atomic E-state index is 13.3. The van der Waals surface area contributed by atoms with E-state index in [0.29, 0.717) is 34.5 Å². The summed E-state index contributed by atoms with van der Waals surface area (Å²) in [5.74, 6) is 1.36. The Morgan fingerprint density at radius 2 is 1.82 bits per heavy atom. The summed E-state index contributed by atoms with van der Waals surface area (Å²) in [6.07, 6.45) is 1.35. The van der Waals surface area contributed by atoms with Crippen molar-refractivity contribution in [3.8, 4) is 5.75 Å². The number of nitrogens with one attached hydrogen (secondary N) is 1. The van der Waals surface area contributed by atoms with Crippen LogP contribution >= 0.6 is 35.0 Å². The van der Waals surface area contributed by atoms with Crippen LogP contribution in [0.5, 0.6) is 5.75 Å². The Balaban J connectivity index is 2.17. The van der Waals surface area contributed by atoms with Gasteiger partial charge in [0.05, 0.1) is 22.9 Å². The van der Waals surface area contributed by atoms with Crippen molar-refractivity contribution in [1.29, 1.82) is 0 Å². The highest BCUT2D eigenvalue weighted by atomic mass is 35.5. The second-order valence-corrected chi connectivity index (χ2v) is 9.66. The molecule has 0 bridgehead atoms. The summed E-state index contributed by atoms with van der Waals surface area (Å²) in [5, 5.41) is 4.02. The minimum Gasteiger partial charge on any atom is -0.497 e. The fraction of sp³-hybridized carbons (Fsp3) is 0.440. The van der Waals surface area contributed by atoms with Gasteiger partial charge in [-0.2, -0.15) is 0 Å². The monoisotopic (exact) mass is 510 g/mol. The van der Waals surface area contributed by atoms with E-state index >= 15 is 0 Å². The SMILES string of the molecule is CC[C@H](C(=O)N[C@@H](C)CC)N(Cc1cccc(OC)c1)C(=O)CSCc1ccc(Cl)c(Cl)c1. The molecular weight excluding hydrogens is 479 g/mol. The largest absolute Gasteiger partial charge is 0.497 e. The Labute approximate surface area is 211 Å². The number of amides is 2. The number of hydrogen-bond acceptors (Lipinski definition) is 4. The first kappa shape index (κ1) is 27.4. The summed E-state index contributed by atoms with van der Waals surface area (Å²) < 4.78 is 5.32. The molecule has 2 atom stereocenters. The molecule has 1 N–H and O–H groups in total. The van der Waals surface area contributed by atoms with Crippen LogP contribution in [0.2, 0.25) is 10.0 Å². The molecule has 0 saturated carbocycles. The lowest BCUT2D eigenvalue weighted by Gasteiger charge is -2.31. The zero-order valence-electron chi connectivity index (χ0n) is 19.6. The third kappa shape index (κ3) is 8.43. The number of halogens is 2. The molecule has 5 nitrogen and oxygen atoms in total. The molecule has 0 radical (unpaired) electrons. The molecule has 33 heavy (non-hydrogen) atoms. The molecular formula is C25H32Cl2N2O3S. The Bertz CT molecular complexity index is 942. The van der Waals surface area contributed by atoms with E-state index in [9.17, 15) is 9.59 Å². The molecule has 0 heterocycles. The van der Waals surface area contributed by atoms with Crippen LogP contribution in [-0.4, -0.2) is 41.7 Å². The van der Waals surface area contributed by atoms with Crippen molar-refractivity contribution >= 4 is 46.8 Å². The first-order valence-corrected chi connectivity index (χ1v) is 12.9. The van der Waals surface area contributed by atoms with Gasteiger partial charge in [0.25, 0.3) is 0 Å². The highest BCUT2D eigenvalue weighted by Crippen LogP contribution is 2.25. The van der Waals surface area contributed by atoms with Gasteiger partial charge in [0.15, 0.2) is 0 Å². The number of ether oxygens (including phenoxy) is 1. The smallest absolute Gasteiger partial charge is 0.243 e. The summed E-state index contributed by atoms with van der Waals surface area (Å²) >= 11 is 13.6. The maximum absolute atomic E-state index is 13.3. The number of hydrogen-bond donors (Lipinski definition) is 1. The third-order valence-corrected chi connectivity index (χ3v) is 7.08. The van der Waals surface area contributed by atoms with Crippen LogP contribution in [0.3, 0.4) is 0 Å². The normalized spacial score (nSPS) is 12.7. The second kappa shape index (κ2) is 13.7. The van der Waals surface area contributed by atoms with Crippen molar-refractivity contribution in [2.75, 3.05) is 12.9 Å². The van der Waals surface area contributed by atoms with Crippen LogP contribution in [0, 0.1) is 0 Å². The summed E-state index contributed by atoms with van der Waals surface area (Å²) in [7, 11) is 1.61. The number of rotatable bonds is 12. The molecule has 0 spiro atoms. The van der Waals surface area contributed by atoms with Gasteiger partial charge in [-0.25, -0.2) is 0 Å². The highest BCUT2D eigenvalue weighted by molar-refractivity contribution is 7.99. The molecule has 2 amide bonds. The van der Waals surface area contributed by atoms with Crippen molar-refractivity contribution in [1.82, 2.24) is 10.2 Å². The van der Waals surface area contributed by atoms with Gasteiger partial charge in [0.2, 0.25) is 11.8 Å². The average Bonchev–Trinajstić information content (AvgIpc) is 2.81. The van der Waals surface area contributed by atoms with E-state index in [0.717, 1.165) is 17.5 Å². The van der Waals surface area contributed by atoms with Gasteiger partial charge in [-0.15, -0.1) is 11.8 Å². The van der Waals surface area contributed by atoms with Crippen molar-refractivity contribution in [2.45, 2.75) is 58.0 Å². The summed E-state index contributed by atoms with van der Waals surface area (Å²) in [5.41, 5.74) is 1.90. The van der Waals surface area contributed by atoms with Gasteiger partial charge in [-0.05, 0) is 55.2 Å². The number of methoxy groups -OCH3 is 1. The molecule has 0 unspecified atom stereocenters. The first-order valence-electron chi connectivity index (χ1n) is 11.0.